The van der Waals surface area contributed by atoms with Gasteiger partial charge in [-0.25, -0.2) is 4.98 Å². The number of aliphatic carboxylic acids is 2. The Balaban J connectivity index is 0.00000380. The molecule has 37 heavy (non-hydrogen) atoms. The number of rotatable bonds is 13. The summed E-state index contributed by atoms with van der Waals surface area (Å²) in [6, 6.07) is 21.8. The van der Waals surface area contributed by atoms with Gasteiger partial charge in [-0.3, -0.25) is 4.79 Å². The third-order valence-corrected chi connectivity index (χ3v) is 5.68. The van der Waals surface area contributed by atoms with Crippen LogP contribution in [0.1, 0.15) is 31.2 Å². The normalized spacial score (nSPS) is 10.7. The van der Waals surface area contributed by atoms with Crippen molar-refractivity contribution < 1.29 is 54.1 Å². The van der Waals surface area contributed by atoms with E-state index in [4.69, 9.17) is 14.8 Å². The molecule has 8 nitrogen and oxygen atoms in total. The molecule has 3 N–H and O–H groups in total. The number of carboxylic acids is 2. The van der Waals surface area contributed by atoms with Gasteiger partial charge >= 0.3 is 35.5 Å². The smallest absolute Gasteiger partial charge is 0.550 e. The number of carboxylic acid groups (broad SMARTS) is 2. The number of nitrogens with one attached hydrogen (secondary N) is 2. The van der Waals surface area contributed by atoms with Gasteiger partial charge in [-0.05, 0) is 55.2 Å². The number of nitrogens with zero attached hydrogens (tertiary/aromatic N) is 1. The van der Waals surface area contributed by atoms with E-state index in [-0.39, 0.29) is 42.4 Å². The minimum Gasteiger partial charge on any atom is -0.550 e. The van der Waals surface area contributed by atoms with Crippen LogP contribution in [-0.4, -0.2) is 35.2 Å². The molecule has 0 fully saturated rings. The van der Waals surface area contributed by atoms with Gasteiger partial charge in [0.15, 0.2) is 0 Å². The summed E-state index contributed by atoms with van der Waals surface area (Å²) < 4.78 is 5.71. The first kappa shape index (κ1) is 28.4. The van der Waals surface area contributed by atoms with Crippen LogP contribution in [0, 0.1) is 0 Å². The number of aromatic nitrogens is 1. The van der Waals surface area contributed by atoms with E-state index >= 15 is 0 Å². The van der Waals surface area contributed by atoms with Crippen LogP contribution in [0.4, 0.5) is 17.1 Å². The molecule has 9 heteroatoms. The minimum absolute atomic E-state index is 0. The van der Waals surface area contributed by atoms with E-state index < -0.39 is 11.9 Å². The molecule has 0 saturated heterocycles. The maximum atomic E-state index is 10.7. The van der Waals surface area contributed by atoms with Gasteiger partial charge in [-0.1, -0.05) is 36.4 Å². The maximum absolute atomic E-state index is 10.7. The Kier molecular flexibility index (Phi) is 10.7. The van der Waals surface area contributed by atoms with Crippen molar-refractivity contribution in [3.63, 3.8) is 0 Å². The molecule has 0 aliphatic heterocycles. The van der Waals surface area contributed by atoms with Gasteiger partial charge in [0.05, 0.1) is 23.3 Å². The van der Waals surface area contributed by atoms with Crippen LogP contribution in [0.15, 0.2) is 66.7 Å². The molecule has 0 saturated carbocycles. The number of fused-ring (bicyclic) bond motifs is 2. The van der Waals surface area contributed by atoms with Crippen LogP contribution in [0.5, 0.6) is 0 Å². The van der Waals surface area contributed by atoms with Crippen molar-refractivity contribution in [1.29, 1.82) is 0 Å². The predicted octanol–water partition coefficient (Wildman–Crippen LogP) is 1.46. The quantitative estimate of drug-likeness (QED) is 0.141. The van der Waals surface area contributed by atoms with Gasteiger partial charge < -0.3 is 30.4 Å². The second-order valence-corrected chi connectivity index (χ2v) is 8.52. The van der Waals surface area contributed by atoms with E-state index in [1.165, 1.54) is 0 Å². The molecule has 0 radical (unpaired) electrons. The summed E-state index contributed by atoms with van der Waals surface area (Å²) in [5, 5.41) is 28.4. The van der Waals surface area contributed by atoms with Gasteiger partial charge in [-0.15, -0.1) is 0 Å². The largest absolute Gasteiger partial charge is 1.00 e. The first-order valence-corrected chi connectivity index (χ1v) is 11.9. The number of anilines is 3. The van der Waals surface area contributed by atoms with Gasteiger partial charge in [0.25, 0.3) is 0 Å². The molecule has 0 unspecified atom stereocenters. The van der Waals surface area contributed by atoms with Crippen molar-refractivity contribution >= 4 is 50.8 Å². The average molecular weight is 510 g/mol. The zero-order chi connectivity index (χ0) is 25.3. The molecule has 3 aromatic carbocycles. The van der Waals surface area contributed by atoms with Crippen molar-refractivity contribution in [2.24, 2.45) is 0 Å². The summed E-state index contributed by atoms with van der Waals surface area (Å²) in [5.41, 5.74) is 5.28. The summed E-state index contributed by atoms with van der Waals surface area (Å²) in [6.45, 7) is 1.15. The molecule has 1 aromatic heterocycles. The zero-order valence-electron chi connectivity index (χ0n) is 20.8. The molecular weight excluding hydrogens is 481 g/mol. The first-order valence-electron chi connectivity index (χ1n) is 11.9. The summed E-state index contributed by atoms with van der Waals surface area (Å²) in [4.78, 5) is 26.3. The van der Waals surface area contributed by atoms with Crippen molar-refractivity contribution in [1.82, 2.24) is 4.98 Å². The topological polar surface area (TPSA) is 124 Å². The van der Waals surface area contributed by atoms with Crippen LogP contribution in [0.3, 0.4) is 0 Å². The average Bonchev–Trinajstić information content (AvgIpc) is 2.86. The summed E-state index contributed by atoms with van der Waals surface area (Å²) in [7, 11) is 0. The second kappa shape index (κ2) is 13.9. The molecule has 0 spiro atoms. The predicted molar refractivity (Wildman–Crippen MR) is 138 cm³/mol. The molecule has 0 bridgehead atoms. The Morgan fingerprint density at radius 1 is 0.892 bits per heavy atom. The molecule has 0 atom stereocenters. The van der Waals surface area contributed by atoms with Gasteiger partial charge in [0, 0.05) is 47.7 Å². The fourth-order valence-corrected chi connectivity index (χ4v) is 4.05. The second-order valence-electron chi connectivity index (χ2n) is 8.52. The Bertz CT molecular complexity index is 1320. The number of para-hydroxylation sites is 2. The van der Waals surface area contributed by atoms with Gasteiger partial charge in [0.1, 0.15) is 0 Å². The number of pyridine rings is 1. The van der Waals surface area contributed by atoms with Crippen LogP contribution in [-0.2, 0) is 20.9 Å². The Morgan fingerprint density at radius 2 is 1.54 bits per heavy atom. The summed E-state index contributed by atoms with van der Waals surface area (Å²) in [6.07, 6.45) is 0.936. The third kappa shape index (κ3) is 8.16. The van der Waals surface area contributed by atoms with Gasteiger partial charge in [0.2, 0.25) is 0 Å². The van der Waals surface area contributed by atoms with Gasteiger partial charge in [-0.2, -0.15) is 0 Å². The standard InChI is InChI=1S/C28H29N3O5.Na/c32-26(33)11-5-13-29-20-15-19(18-36-14-6-12-27(34)35)16-21(17-20)30-28-22-7-1-3-9-24(22)31-25-10-4-2-8-23(25)28;/h1-4,7-10,15-17,29H,5-6,11-14,18H2,(H,30,31)(H,32,33)(H,34,35);/q;+1/p-1. The van der Waals surface area contributed by atoms with Crippen molar-refractivity contribution in [3.8, 4) is 0 Å². The van der Waals surface area contributed by atoms with Crippen molar-refractivity contribution in [3.05, 3.63) is 72.3 Å². The van der Waals surface area contributed by atoms with E-state index in [2.05, 4.69) is 10.6 Å². The Labute approximate surface area is 237 Å². The fraction of sp³-hybridized carbons (Fsp3) is 0.250. The molecule has 0 amide bonds. The Morgan fingerprint density at radius 3 is 2.19 bits per heavy atom. The van der Waals surface area contributed by atoms with Crippen molar-refractivity contribution in [2.45, 2.75) is 32.3 Å². The fourth-order valence-electron chi connectivity index (χ4n) is 4.05. The molecular formula is C28H28N3NaO5. The molecule has 0 aliphatic rings. The van der Waals surface area contributed by atoms with Crippen LogP contribution >= 0.6 is 0 Å². The SMILES string of the molecule is O=C([O-])CCCNc1cc(COCCCC(=O)O)cc(Nc2c3ccccc3nc3ccccc23)c1.[Na+]. The monoisotopic (exact) mass is 509 g/mol. The van der Waals surface area contributed by atoms with E-state index in [0.29, 0.717) is 32.6 Å². The zero-order valence-corrected chi connectivity index (χ0v) is 22.8. The molecule has 186 valence electrons. The van der Waals surface area contributed by atoms with Crippen LogP contribution < -0.4 is 45.3 Å². The van der Waals surface area contributed by atoms with E-state index in [1.54, 1.807) is 0 Å². The minimum atomic E-state index is -1.07. The maximum Gasteiger partial charge on any atom is 1.00 e. The van der Waals surface area contributed by atoms with E-state index in [9.17, 15) is 14.7 Å². The Hall–Kier alpha value is -3.17. The summed E-state index contributed by atoms with van der Waals surface area (Å²) >= 11 is 0. The van der Waals surface area contributed by atoms with Crippen LogP contribution in [0.2, 0.25) is 0 Å². The van der Waals surface area contributed by atoms with Crippen LogP contribution in [0.25, 0.3) is 21.8 Å². The van der Waals surface area contributed by atoms with Crippen molar-refractivity contribution in [2.75, 3.05) is 23.8 Å². The molecule has 1 heterocycles. The molecule has 0 aliphatic carbocycles. The number of hydrogen-bond acceptors (Lipinski definition) is 7. The first-order chi connectivity index (χ1) is 17.5. The number of benzene rings is 3. The molecule has 4 rings (SSSR count). The summed E-state index contributed by atoms with van der Waals surface area (Å²) in [5.74, 6) is -1.91. The van der Waals surface area contributed by atoms with E-state index in [0.717, 1.165) is 44.4 Å². The van der Waals surface area contributed by atoms with E-state index in [1.807, 2.05) is 66.7 Å². The molecule has 4 aromatic rings. The number of carbonyl (C=O) groups is 2. The third-order valence-electron chi connectivity index (χ3n) is 5.68. The number of ether oxygens (including phenoxy) is 1. The number of hydrogen-bond donors (Lipinski definition) is 3. The number of carbonyl (C=O) groups excluding carboxylic acids is 1.